The molecular weight excluding hydrogens is 264 g/mol. The molecule has 7 heteroatoms. The van der Waals surface area contributed by atoms with E-state index in [0.29, 0.717) is 31.7 Å². The number of nitrogens with zero attached hydrogens (tertiary/aromatic N) is 2. The van der Waals surface area contributed by atoms with Crippen LogP contribution >= 0.6 is 0 Å². The summed E-state index contributed by atoms with van der Waals surface area (Å²) in [4.78, 5) is 36.7. The minimum absolute atomic E-state index is 0.0973. The van der Waals surface area contributed by atoms with E-state index in [1.54, 1.807) is 6.92 Å². The van der Waals surface area contributed by atoms with Crippen molar-refractivity contribution in [3.8, 4) is 0 Å². The highest BCUT2D eigenvalue weighted by molar-refractivity contribution is 5.79. The highest BCUT2D eigenvalue weighted by Gasteiger charge is 2.27. The number of carbonyl (C=O) groups is 2. The molecule has 0 aliphatic carbocycles. The highest BCUT2D eigenvalue weighted by Crippen LogP contribution is 2.18. The molecule has 1 aliphatic heterocycles. The van der Waals surface area contributed by atoms with Gasteiger partial charge in [0, 0.05) is 6.07 Å². The Bertz CT molecular complexity index is 551. The number of aryl methyl sites for hydroxylation is 1. The smallest absolute Gasteiger partial charge is 0.308 e. The van der Waals surface area contributed by atoms with Gasteiger partial charge < -0.3 is 9.26 Å². The molecule has 2 heterocycles. The lowest BCUT2D eigenvalue weighted by atomic mass is 9.97. The van der Waals surface area contributed by atoms with Crippen molar-refractivity contribution in [3.63, 3.8) is 0 Å². The van der Waals surface area contributed by atoms with Gasteiger partial charge in [0.1, 0.15) is 5.76 Å². The lowest BCUT2D eigenvalue weighted by molar-refractivity contribution is -0.147. The number of rotatable bonds is 3. The fourth-order valence-electron chi connectivity index (χ4n) is 2.37. The number of likely N-dealkylation sites (tertiary alicyclic amines) is 1. The number of hydrogen-bond acceptors (Lipinski definition) is 6. The van der Waals surface area contributed by atoms with Crippen molar-refractivity contribution < 1.29 is 18.8 Å². The minimum atomic E-state index is -0.447. The molecule has 1 aliphatic rings. The lowest BCUT2D eigenvalue weighted by Crippen LogP contribution is -2.41. The van der Waals surface area contributed by atoms with Gasteiger partial charge in [-0.15, -0.1) is 4.74 Å². The predicted octanol–water partition coefficient (Wildman–Crippen LogP) is 0.275. The predicted molar refractivity (Wildman–Crippen MR) is 69.5 cm³/mol. The molecule has 0 amide bonds. The van der Waals surface area contributed by atoms with Gasteiger partial charge in [-0.25, -0.2) is 0 Å². The Morgan fingerprint density at radius 1 is 1.40 bits per heavy atom. The van der Waals surface area contributed by atoms with E-state index in [1.165, 1.54) is 13.2 Å². The molecule has 0 saturated carbocycles. The van der Waals surface area contributed by atoms with E-state index in [4.69, 9.17) is 9.26 Å². The zero-order valence-electron chi connectivity index (χ0n) is 11.6. The molecule has 2 rings (SSSR count). The first-order valence-corrected chi connectivity index (χ1v) is 6.54. The third kappa shape index (κ3) is 3.16. The Kier molecular flexibility index (Phi) is 4.39. The van der Waals surface area contributed by atoms with Crippen molar-refractivity contribution in [2.24, 2.45) is 5.92 Å². The number of carbonyl (C=O) groups excluding carboxylic acids is 2. The molecule has 0 spiro atoms. The highest BCUT2D eigenvalue weighted by atomic mass is 16.5. The molecule has 0 atom stereocenters. The topological polar surface area (TPSA) is 81.8 Å². The van der Waals surface area contributed by atoms with Gasteiger partial charge in [-0.3, -0.25) is 19.3 Å². The van der Waals surface area contributed by atoms with Gasteiger partial charge in [-0.05, 0) is 32.9 Å². The van der Waals surface area contributed by atoms with Crippen molar-refractivity contribution in [1.29, 1.82) is 0 Å². The van der Waals surface area contributed by atoms with Crippen LogP contribution in [0.25, 0.3) is 0 Å². The van der Waals surface area contributed by atoms with Crippen molar-refractivity contribution >= 4 is 11.9 Å². The molecule has 1 aromatic rings. The van der Waals surface area contributed by atoms with E-state index in [9.17, 15) is 14.4 Å². The van der Waals surface area contributed by atoms with Crippen LogP contribution < -0.4 is 5.56 Å². The number of methoxy groups -OCH3 is 1. The molecule has 1 fully saturated rings. The summed E-state index contributed by atoms with van der Waals surface area (Å²) in [6, 6.07) is 1.28. The van der Waals surface area contributed by atoms with Crippen LogP contribution in [-0.2, 0) is 9.53 Å². The number of hydrogen-bond donors (Lipinski definition) is 0. The monoisotopic (exact) mass is 282 g/mol. The van der Waals surface area contributed by atoms with Crippen LogP contribution in [0.15, 0.2) is 15.4 Å². The van der Waals surface area contributed by atoms with Gasteiger partial charge in [-0.2, -0.15) is 0 Å². The van der Waals surface area contributed by atoms with E-state index >= 15 is 0 Å². The summed E-state index contributed by atoms with van der Waals surface area (Å²) in [5, 5.41) is 0. The second-order valence-electron chi connectivity index (χ2n) is 4.95. The maximum absolute atomic E-state index is 12.0. The summed E-state index contributed by atoms with van der Waals surface area (Å²) < 4.78 is 10.5. The average Bonchev–Trinajstić information content (AvgIpc) is 2.78. The fourth-order valence-corrected chi connectivity index (χ4v) is 2.37. The third-order valence-electron chi connectivity index (χ3n) is 3.47. The third-order valence-corrected chi connectivity index (χ3v) is 3.47. The Morgan fingerprint density at radius 2 is 2.05 bits per heavy atom. The van der Waals surface area contributed by atoms with Gasteiger partial charge in [0.15, 0.2) is 0 Å². The van der Waals surface area contributed by atoms with Crippen LogP contribution in [0.5, 0.6) is 0 Å². The number of esters is 1. The molecule has 0 radical (unpaired) electrons. The van der Waals surface area contributed by atoms with Crippen molar-refractivity contribution in [2.45, 2.75) is 19.8 Å². The Hall–Kier alpha value is -1.89. The maximum atomic E-state index is 12.0. The van der Waals surface area contributed by atoms with Gasteiger partial charge in [0.25, 0.3) is 11.5 Å². The average molecular weight is 282 g/mol. The Balaban J connectivity index is 1.90. The van der Waals surface area contributed by atoms with Gasteiger partial charge in [0.2, 0.25) is 0 Å². The second-order valence-corrected chi connectivity index (χ2v) is 4.95. The standard InChI is InChI=1S/C13H18N2O5/c1-9-7-11(16)15(20-9)12(17)8-14-5-3-10(4-6-14)13(18)19-2/h7,10H,3-6,8H2,1-2H3. The summed E-state index contributed by atoms with van der Waals surface area (Å²) in [6.45, 7) is 2.98. The Morgan fingerprint density at radius 3 is 2.55 bits per heavy atom. The largest absolute Gasteiger partial charge is 0.469 e. The minimum Gasteiger partial charge on any atom is -0.469 e. The Labute approximate surface area is 116 Å². The molecule has 20 heavy (non-hydrogen) atoms. The van der Waals surface area contributed by atoms with Crippen molar-refractivity contribution in [3.05, 3.63) is 22.2 Å². The molecule has 1 aromatic heterocycles. The zero-order valence-corrected chi connectivity index (χ0v) is 11.6. The summed E-state index contributed by atoms with van der Waals surface area (Å²) >= 11 is 0. The van der Waals surface area contributed by atoms with Crippen LogP contribution in [0.2, 0.25) is 0 Å². The summed E-state index contributed by atoms with van der Waals surface area (Å²) in [6.07, 6.45) is 1.32. The molecule has 110 valence electrons. The molecule has 1 saturated heterocycles. The molecule has 7 nitrogen and oxygen atoms in total. The summed E-state index contributed by atoms with van der Waals surface area (Å²) in [5.41, 5.74) is -0.447. The van der Waals surface area contributed by atoms with E-state index < -0.39 is 5.56 Å². The fraction of sp³-hybridized carbons (Fsp3) is 0.615. The summed E-state index contributed by atoms with van der Waals surface area (Å²) in [5.74, 6) is -0.277. The van der Waals surface area contributed by atoms with E-state index in [1.807, 2.05) is 4.90 Å². The SMILES string of the molecule is COC(=O)C1CCN(CC(=O)n2oc(C)cc2=O)CC1. The second kappa shape index (κ2) is 6.04. The van der Waals surface area contributed by atoms with Crippen LogP contribution in [-0.4, -0.2) is 48.3 Å². The van der Waals surface area contributed by atoms with Crippen LogP contribution in [0.1, 0.15) is 23.4 Å². The normalized spacial score (nSPS) is 17.1. The molecular formula is C13H18N2O5. The van der Waals surface area contributed by atoms with Gasteiger partial charge in [-0.1, -0.05) is 0 Å². The molecule has 0 unspecified atom stereocenters. The van der Waals surface area contributed by atoms with E-state index in [-0.39, 0.29) is 24.3 Å². The summed E-state index contributed by atoms with van der Waals surface area (Å²) in [7, 11) is 1.38. The van der Waals surface area contributed by atoms with Crippen LogP contribution in [0.4, 0.5) is 0 Å². The molecule has 0 aromatic carbocycles. The number of ether oxygens (including phenoxy) is 1. The maximum Gasteiger partial charge on any atom is 0.308 e. The van der Waals surface area contributed by atoms with Crippen LogP contribution in [0.3, 0.4) is 0 Å². The van der Waals surface area contributed by atoms with Gasteiger partial charge in [0.05, 0.1) is 19.6 Å². The quantitative estimate of drug-likeness (QED) is 0.740. The number of aromatic nitrogens is 1. The zero-order chi connectivity index (χ0) is 14.7. The van der Waals surface area contributed by atoms with Crippen molar-refractivity contribution in [2.75, 3.05) is 26.7 Å². The first kappa shape index (κ1) is 14.5. The van der Waals surface area contributed by atoms with Gasteiger partial charge >= 0.3 is 5.97 Å². The lowest BCUT2D eigenvalue weighted by Gasteiger charge is -2.29. The first-order valence-electron chi connectivity index (χ1n) is 6.54. The first-order chi connectivity index (χ1) is 9.51. The molecule has 0 N–H and O–H groups in total. The van der Waals surface area contributed by atoms with E-state index in [2.05, 4.69) is 0 Å². The number of piperidine rings is 1. The van der Waals surface area contributed by atoms with Crippen molar-refractivity contribution in [1.82, 2.24) is 9.64 Å². The molecule has 0 bridgehead atoms. The van der Waals surface area contributed by atoms with Crippen LogP contribution in [0, 0.1) is 12.8 Å². The van der Waals surface area contributed by atoms with E-state index in [0.717, 1.165) is 4.74 Å².